The average Bonchev–Trinajstić information content (AvgIpc) is 2.77. The Hall–Kier alpha value is -2.44. The van der Waals surface area contributed by atoms with E-state index in [0.717, 1.165) is 63.6 Å². The van der Waals surface area contributed by atoms with Crippen LogP contribution in [-0.4, -0.2) is 54.1 Å². The molecule has 154 valence electrons. The Bertz CT molecular complexity index is 826. The molecular formula is C22H26ClN3O3. The molecule has 0 atom stereocenters. The lowest BCUT2D eigenvalue weighted by molar-refractivity contribution is 0.0769. The Labute approximate surface area is 176 Å². The molecule has 4 rings (SSSR count). The average molecular weight is 416 g/mol. The lowest BCUT2D eigenvalue weighted by Crippen LogP contribution is -2.47. The van der Waals surface area contributed by atoms with E-state index in [9.17, 15) is 0 Å². The van der Waals surface area contributed by atoms with Crippen LogP contribution in [0.1, 0.15) is 19.3 Å². The standard InChI is InChI=1S/C22H26ClN3O3/c23-22-20(7-4-8-24-22)27-14-13-25-9-11-26(12-10-25)21-17-28-19(16-29-21)15-18-5-2-1-3-6-18/h1-2,4-5,7-8,16-17H,3,6,9-15H2. The van der Waals surface area contributed by atoms with Crippen LogP contribution in [0.4, 0.5) is 0 Å². The molecule has 1 aromatic rings. The molecule has 0 aromatic carbocycles. The summed E-state index contributed by atoms with van der Waals surface area (Å²) in [6, 6.07) is 3.66. The third-order valence-electron chi connectivity index (χ3n) is 5.20. The van der Waals surface area contributed by atoms with E-state index in [4.69, 9.17) is 25.8 Å². The number of nitrogens with zero attached hydrogens (tertiary/aromatic N) is 3. The summed E-state index contributed by atoms with van der Waals surface area (Å²) in [5.74, 6) is 2.28. The zero-order valence-electron chi connectivity index (χ0n) is 16.4. The van der Waals surface area contributed by atoms with Gasteiger partial charge in [-0.25, -0.2) is 4.98 Å². The minimum atomic E-state index is 0.405. The number of allylic oxidation sites excluding steroid dienone is 4. The minimum Gasteiger partial charge on any atom is -0.489 e. The SMILES string of the molecule is Clc1ncccc1OCCN1CCN(C2=COC(CC3=CC=CCC3)=CO2)CC1. The molecule has 0 bridgehead atoms. The molecule has 0 amide bonds. The summed E-state index contributed by atoms with van der Waals surface area (Å²) >= 11 is 6.02. The zero-order valence-corrected chi connectivity index (χ0v) is 17.2. The predicted molar refractivity (Wildman–Crippen MR) is 112 cm³/mol. The van der Waals surface area contributed by atoms with Gasteiger partial charge in [-0.15, -0.1) is 0 Å². The fraction of sp³-hybridized carbons (Fsp3) is 0.409. The molecule has 6 nitrogen and oxygen atoms in total. The summed E-state index contributed by atoms with van der Waals surface area (Å²) in [4.78, 5) is 8.61. The molecule has 1 aliphatic carbocycles. The summed E-state index contributed by atoms with van der Waals surface area (Å²) in [6.07, 6.45) is 14.6. The fourth-order valence-corrected chi connectivity index (χ4v) is 3.69. The van der Waals surface area contributed by atoms with Crippen LogP contribution in [0.15, 0.2) is 66.3 Å². The maximum atomic E-state index is 6.02. The van der Waals surface area contributed by atoms with Crippen molar-refractivity contribution in [2.45, 2.75) is 19.3 Å². The summed E-state index contributed by atoms with van der Waals surface area (Å²) in [6.45, 7) is 5.11. The zero-order chi connectivity index (χ0) is 19.9. The van der Waals surface area contributed by atoms with E-state index in [0.29, 0.717) is 17.5 Å². The molecule has 0 saturated carbocycles. The fourth-order valence-electron chi connectivity index (χ4n) is 3.52. The molecule has 1 saturated heterocycles. The highest BCUT2D eigenvalue weighted by Crippen LogP contribution is 2.25. The summed E-state index contributed by atoms with van der Waals surface area (Å²) in [5, 5.41) is 0.405. The number of halogens is 1. The minimum absolute atomic E-state index is 0.405. The Kier molecular flexibility index (Phi) is 6.75. The van der Waals surface area contributed by atoms with Crippen LogP contribution < -0.4 is 4.74 Å². The number of hydrogen-bond acceptors (Lipinski definition) is 6. The number of piperazine rings is 1. The first-order chi connectivity index (χ1) is 14.3. The van der Waals surface area contributed by atoms with Crippen LogP contribution in [0, 0.1) is 0 Å². The van der Waals surface area contributed by atoms with Crippen molar-refractivity contribution in [2.75, 3.05) is 39.3 Å². The molecule has 1 aromatic heterocycles. The lowest BCUT2D eigenvalue weighted by Gasteiger charge is -2.36. The molecular weight excluding hydrogens is 390 g/mol. The first-order valence-corrected chi connectivity index (χ1v) is 10.4. The summed E-state index contributed by atoms with van der Waals surface area (Å²) < 4.78 is 17.4. The predicted octanol–water partition coefficient (Wildman–Crippen LogP) is 4.09. The maximum Gasteiger partial charge on any atom is 0.231 e. The molecule has 3 aliphatic rings. The molecule has 7 heteroatoms. The van der Waals surface area contributed by atoms with Crippen molar-refractivity contribution in [3.05, 3.63) is 71.5 Å². The van der Waals surface area contributed by atoms with E-state index in [1.165, 1.54) is 5.57 Å². The van der Waals surface area contributed by atoms with Crippen molar-refractivity contribution < 1.29 is 14.2 Å². The van der Waals surface area contributed by atoms with Gasteiger partial charge in [0.25, 0.3) is 0 Å². The summed E-state index contributed by atoms with van der Waals surface area (Å²) in [5.41, 5.74) is 1.38. The molecule has 2 aliphatic heterocycles. The van der Waals surface area contributed by atoms with Gasteiger partial charge in [-0.05, 0) is 25.0 Å². The van der Waals surface area contributed by atoms with Crippen molar-refractivity contribution in [3.63, 3.8) is 0 Å². The Morgan fingerprint density at radius 2 is 2.03 bits per heavy atom. The number of rotatable bonds is 7. The number of hydrogen-bond donors (Lipinski definition) is 0. The van der Waals surface area contributed by atoms with E-state index in [1.807, 2.05) is 12.1 Å². The van der Waals surface area contributed by atoms with Gasteiger partial charge in [0.15, 0.2) is 17.2 Å². The van der Waals surface area contributed by atoms with Crippen LogP contribution >= 0.6 is 11.6 Å². The second-order valence-corrected chi connectivity index (χ2v) is 7.57. The van der Waals surface area contributed by atoms with Crippen molar-refractivity contribution in [2.24, 2.45) is 0 Å². The second kappa shape index (κ2) is 9.85. The Morgan fingerprint density at radius 1 is 1.14 bits per heavy atom. The van der Waals surface area contributed by atoms with E-state index in [1.54, 1.807) is 18.7 Å². The third kappa shape index (κ3) is 5.55. The van der Waals surface area contributed by atoms with Gasteiger partial charge in [0.2, 0.25) is 5.88 Å². The highest BCUT2D eigenvalue weighted by Gasteiger charge is 2.22. The Balaban J connectivity index is 1.17. The quantitative estimate of drug-likeness (QED) is 0.625. The monoisotopic (exact) mass is 415 g/mol. The normalized spacial score (nSPS) is 19.6. The second-order valence-electron chi connectivity index (χ2n) is 7.21. The van der Waals surface area contributed by atoms with Crippen molar-refractivity contribution in [3.8, 4) is 5.75 Å². The van der Waals surface area contributed by atoms with Gasteiger partial charge in [-0.3, -0.25) is 4.90 Å². The highest BCUT2D eigenvalue weighted by atomic mass is 35.5. The van der Waals surface area contributed by atoms with Gasteiger partial charge in [0, 0.05) is 45.3 Å². The number of aromatic nitrogens is 1. The first-order valence-electron chi connectivity index (χ1n) is 10.1. The maximum absolute atomic E-state index is 6.02. The molecule has 0 radical (unpaired) electrons. The van der Waals surface area contributed by atoms with Gasteiger partial charge in [-0.1, -0.05) is 35.4 Å². The van der Waals surface area contributed by atoms with E-state index >= 15 is 0 Å². The van der Waals surface area contributed by atoms with Gasteiger partial charge in [0.1, 0.15) is 18.6 Å². The number of pyridine rings is 1. The molecule has 29 heavy (non-hydrogen) atoms. The largest absolute Gasteiger partial charge is 0.489 e. The van der Waals surface area contributed by atoms with Crippen LogP contribution in [0.3, 0.4) is 0 Å². The lowest BCUT2D eigenvalue weighted by atomic mass is 10.0. The van der Waals surface area contributed by atoms with E-state index in [2.05, 4.69) is 33.0 Å². The van der Waals surface area contributed by atoms with Crippen LogP contribution in [0.2, 0.25) is 5.15 Å². The third-order valence-corrected chi connectivity index (χ3v) is 5.48. The number of ether oxygens (including phenoxy) is 3. The van der Waals surface area contributed by atoms with Gasteiger partial charge in [0.05, 0.1) is 0 Å². The van der Waals surface area contributed by atoms with Crippen LogP contribution in [0.25, 0.3) is 0 Å². The van der Waals surface area contributed by atoms with E-state index in [-0.39, 0.29) is 0 Å². The summed E-state index contributed by atoms with van der Waals surface area (Å²) in [7, 11) is 0. The van der Waals surface area contributed by atoms with Gasteiger partial charge in [-0.2, -0.15) is 0 Å². The van der Waals surface area contributed by atoms with Gasteiger partial charge < -0.3 is 19.1 Å². The van der Waals surface area contributed by atoms with Crippen LogP contribution in [-0.2, 0) is 9.47 Å². The highest BCUT2D eigenvalue weighted by molar-refractivity contribution is 6.30. The van der Waals surface area contributed by atoms with Crippen molar-refractivity contribution >= 4 is 11.6 Å². The van der Waals surface area contributed by atoms with Crippen molar-refractivity contribution in [1.29, 1.82) is 0 Å². The smallest absolute Gasteiger partial charge is 0.231 e. The van der Waals surface area contributed by atoms with E-state index < -0.39 is 0 Å². The van der Waals surface area contributed by atoms with Crippen molar-refractivity contribution in [1.82, 2.24) is 14.8 Å². The van der Waals surface area contributed by atoms with Crippen LogP contribution in [0.5, 0.6) is 5.75 Å². The topological polar surface area (TPSA) is 47.1 Å². The first kappa shape index (κ1) is 19.9. The molecule has 0 spiro atoms. The Morgan fingerprint density at radius 3 is 2.76 bits per heavy atom. The molecule has 0 unspecified atom stereocenters. The molecule has 0 N–H and O–H groups in total. The molecule has 3 heterocycles. The molecule has 1 fully saturated rings. The van der Waals surface area contributed by atoms with Gasteiger partial charge >= 0.3 is 0 Å².